The predicted octanol–water partition coefficient (Wildman–Crippen LogP) is -4.38. The minimum atomic E-state index is 0. The van der Waals surface area contributed by atoms with Gasteiger partial charge >= 0.3 is 0 Å². The number of hydrogen-bond donors (Lipinski definition) is 0. The van der Waals surface area contributed by atoms with Crippen molar-refractivity contribution in [2.24, 2.45) is 7.05 Å². The Kier molecular flexibility index (Phi) is 7.15. The second-order valence-electron chi connectivity index (χ2n) is 3.98. The molecule has 0 amide bonds. The van der Waals surface area contributed by atoms with Crippen LogP contribution >= 0.6 is 0 Å². The van der Waals surface area contributed by atoms with Gasteiger partial charge in [0, 0.05) is 23.3 Å². The molecule has 2 aromatic heterocycles. The van der Waals surface area contributed by atoms with E-state index in [-0.39, 0.29) is 48.0 Å². The van der Waals surface area contributed by atoms with Gasteiger partial charge in [0.15, 0.2) is 12.4 Å². The molecule has 2 aromatic rings. The Labute approximate surface area is 137 Å². The zero-order valence-corrected chi connectivity index (χ0v) is 14.5. The van der Waals surface area contributed by atoms with Crippen LogP contribution in [0.3, 0.4) is 0 Å². The molecule has 0 unspecified atom stereocenters. The molecule has 0 saturated carbocycles. The fourth-order valence-corrected chi connectivity index (χ4v) is 1.69. The van der Waals surface area contributed by atoms with Gasteiger partial charge < -0.3 is 48.0 Å². The van der Waals surface area contributed by atoms with Crippen LogP contribution in [-0.2, 0) is 7.05 Å². The monoisotopic (exact) mass is 454 g/mol. The van der Waals surface area contributed by atoms with Gasteiger partial charge in [-0.3, -0.25) is 0 Å². The highest BCUT2D eigenvalue weighted by atomic mass is 127. The number of aromatic nitrogens is 2. The summed E-state index contributed by atoms with van der Waals surface area (Å²) in [6, 6.07) is 8.49. The molecule has 0 fully saturated rings. The first kappa shape index (κ1) is 16.8. The van der Waals surface area contributed by atoms with E-state index in [1.807, 2.05) is 6.20 Å². The first-order chi connectivity index (χ1) is 7.16. The van der Waals surface area contributed by atoms with E-state index in [0.29, 0.717) is 0 Å². The van der Waals surface area contributed by atoms with Gasteiger partial charge in [0.05, 0.1) is 0 Å². The van der Waals surface area contributed by atoms with Crippen molar-refractivity contribution in [1.29, 1.82) is 0 Å². The lowest BCUT2D eigenvalue weighted by Crippen LogP contribution is -3.00. The highest BCUT2D eigenvalue weighted by molar-refractivity contribution is 5.46. The molecular formula is C13H16I2N2. The zero-order valence-electron chi connectivity index (χ0n) is 10.2. The Morgan fingerprint density at radius 1 is 0.941 bits per heavy atom. The maximum Gasteiger partial charge on any atom is 0.277 e. The number of H-pyrrole nitrogens is 1. The van der Waals surface area contributed by atoms with Crippen molar-refractivity contribution in [3.05, 3.63) is 47.8 Å². The van der Waals surface area contributed by atoms with Crippen LogP contribution in [0.4, 0.5) is 0 Å². The quantitative estimate of drug-likeness (QED) is 0.307. The van der Waals surface area contributed by atoms with Gasteiger partial charge in [0.25, 0.3) is 11.4 Å². The molecule has 0 aromatic carbocycles. The summed E-state index contributed by atoms with van der Waals surface area (Å²) in [5, 5.41) is 0. The molecule has 0 radical (unpaired) electrons. The smallest absolute Gasteiger partial charge is 0.277 e. The van der Waals surface area contributed by atoms with E-state index in [9.17, 15) is 0 Å². The summed E-state index contributed by atoms with van der Waals surface area (Å²) in [7, 11) is 2.07. The van der Waals surface area contributed by atoms with Crippen LogP contribution in [0.15, 0.2) is 36.7 Å². The number of aryl methyl sites for hydroxylation is 3. The number of nitrogens with one attached hydrogen (secondary N) is 1. The van der Waals surface area contributed by atoms with Crippen molar-refractivity contribution in [3.63, 3.8) is 0 Å². The number of halogens is 2. The number of rotatable bonds is 1. The van der Waals surface area contributed by atoms with Gasteiger partial charge in [-0.05, 0) is 26.0 Å². The summed E-state index contributed by atoms with van der Waals surface area (Å²) in [5.41, 5.74) is 4.85. The summed E-state index contributed by atoms with van der Waals surface area (Å²) < 4.78 is 2.14. The molecule has 0 atom stereocenters. The molecule has 17 heavy (non-hydrogen) atoms. The predicted molar refractivity (Wildman–Crippen MR) is 59.1 cm³/mol. The fourth-order valence-electron chi connectivity index (χ4n) is 1.69. The Balaban J connectivity index is 0.00000128. The average Bonchev–Trinajstić information content (AvgIpc) is 2.20. The zero-order chi connectivity index (χ0) is 10.8. The van der Waals surface area contributed by atoms with Crippen LogP contribution in [0.1, 0.15) is 11.1 Å². The lowest BCUT2D eigenvalue weighted by atomic mass is 10.2. The molecule has 0 aliphatic heterocycles. The second-order valence-corrected chi connectivity index (χ2v) is 3.98. The molecule has 2 rings (SSSR count). The third kappa shape index (κ3) is 4.17. The molecule has 4 heteroatoms. The minimum absolute atomic E-state index is 0. The highest BCUT2D eigenvalue weighted by Gasteiger charge is 2.14. The average molecular weight is 454 g/mol. The summed E-state index contributed by atoms with van der Waals surface area (Å²) in [6.07, 6.45) is 4.15. The van der Waals surface area contributed by atoms with Gasteiger partial charge in [-0.15, -0.1) is 0 Å². The summed E-state index contributed by atoms with van der Waals surface area (Å²) >= 11 is 0. The molecule has 0 saturated heterocycles. The lowest BCUT2D eigenvalue weighted by molar-refractivity contribution is -0.663. The fraction of sp³-hybridized carbons (Fsp3) is 0.231. The Morgan fingerprint density at radius 2 is 1.59 bits per heavy atom. The van der Waals surface area contributed by atoms with E-state index in [2.05, 4.69) is 60.9 Å². The normalized spacial score (nSPS) is 9.12. The van der Waals surface area contributed by atoms with Gasteiger partial charge in [0.2, 0.25) is 0 Å². The summed E-state index contributed by atoms with van der Waals surface area (Å²) in [5.74, 6) is 0. The number of hydrogen-bond acceptors (Lipinski definition) is 0. The molecule has 2 nitrogen and oxygen atoms in total. The highest BCUT2D eigenvalue weighted by Crippen LogP contribution is 2.09. The van der Waals surface area contributed by atoms with Crippen molar-refractivity contribution in [3.8, 4) is 11.4 Å². The van der Waals surface area contributed by atoms with Crippen LogP contribution in [0.5, 0.6) is 0 Å². The molecule has 1 N–H and O–H groups in total. The third-order valence-electron chi connectivity index (χ3n) is 2.53. The molecule has 92 valence electrons. The minimum Gasteiger partial charge on any atom is -1.00 e. The first-order valence-corrected chi connectivity index (χ1v) is 5.12. The number of nitrogens with zero attached hydrogens (tertiary/aromatic N) is 1. The molecule has 0 spiro atoms. The Morgan fingerprint density at radius 3 is 2.12 bits per heavy atom. The van der Waals surface area contributed by atoms with Crippen molar-refractivity contribution in [2.75, 3.05) is 0 Å². The van der Waals surface area contributed by atoms with E-state index in [0.717, 1.165) is 5.69 Å². The largest absolute Gasteiger partial charge is 1.00 e. The van der Waals surface area contributed by atoms with E-state index < -0.39 is 0 Å². The van der Waals surface area contributed by atoms with Crippen molar-refractivity contribution in [1.82, 2.24) is 0 Å². The molecule has 0 aliphatic rings. The van der Waals surface area contributed by atoms with Gasteiger partial charge in [-0.25, -0.2) is 4.98 Å². The van der Waals surface area contributed by atoms with Gasteiger partial charge in [0.1, 0.15) is 7.05 Å². The molecular weight excluding hydrogens is 438 g/mol. The lowest BCUT2D eigenvalue weighted by Gasteiger charge is -1.96. The van der Waals surface area contributed by atoms with Crippen molar-refractivity contribution in [2.45, 2.75) is 13.8 Å². The topological polar surface area (TPSA) is 18.0 Å². The van der Waals surface area contributed by atoms with Crippen molar-refractivity contribution < 1.29 is 57.5 Å². The van der Waals surface area contributed by atoms with E-state index in [1.54, 1.807) is 0 Å². The maximum absolute atomic E-state index is 3.29. The van der Waals surface area contributed by atoms with Gasteiger partial charge in [-0.1, -0.05) is 0 Å². The number of pyridine rings is 2. The summed E-state index contributed by atoms with van der Waals surface area (Å²) in [4.78, 5) is 3.29. The van der Waals surface area contributed by atoms with Crippen LogP contribution in [0, 0.1) is 13.8 Å². The van der Waals surface area contributed by atoms with Crippen LogP contribution in [0.2, 0.25) is 0 Å². The summed E-state index contributed by atoms with van der Waals surface area (Å²) in [6.45, 7) is 4.18. The van der Waals surface area contributed by atoms with Crippen LogP contribution < -0.4 is 57.5 Å². The van der Waals surface area contributed by atoms with E-state index >= 15 is 0 Å². The van der Waals surface area contributed by atoms with Crippen molar-refractivity contribution >= 4 is 0 Å². The Hall–Kier alpha value is -0.240. The molecule has 2 heterocycles. The van der Waals surface area contributed by atoms with E-state index in [1.165, 1.54) is 16.8 Å². The molecule has 0 aliphatic carbocycles. The number of aromatic amines is 1. The third-order valence-corrected chi connectivity index (χ3v) is 2.53. The molecule has 0 bridgehead atoms. The standard InChI is InChI=1S/C13H15N2.2HI/c1-10-4-6-12(14-8-10)13-7-5-11(2)9-15(13)3;;/h4-9H,1-3H3;2*1H/q+1;;/p-1. The van der Waals surface area contributed by atoms with Gasteiger partial charge in [-0.2, -0.15) is 4.57 Å². The van der Waals surface area contributed by atoms with E-state index in [4.69, 9.17) is 0 Å². The second kappa shape index (κ2) is 7.25. The van der Waals surface area contributed by atoms with Crippen LogP contribution in [0.25, 0.3) is 11.4 Å². The maximum atomic E-state index is 3.29. The SMILES string of the molecule is Cc1ccc(-c2ccc(C)c[n+]2C)[nH+]c1.[I-].[I-]. The Bertz CT molecular complexity index is 481. The van der Waals surface area contributed by atoms with Crippen LogP contribution in [-0.4, -0.2) is 0 Å². The first-order valence-electron chi connectivity index (χ1n) is 5.12.